The maximum Gasteiger partial charge on any atom is 0.326 e. The molecule has 1 amide bonds. The lowest BCUT2D eigenvalue weighted by Gasteiger charge is -2.15. The Morgan fingerprint density at radius 1 is 1.11 bits per heavy atom. The van der Waals surface area contributed by atoms with Gasteiger partial charge in [-0.1, -0.05) is 47.5 Å². The second-order valence-corrected chi connectivity index (χ2v) is 8.63. The minimum atomic E-state index is -1.17. The summed E-state index contributed by atoms with van der Waals surface area (Å²) in [5, 5.41) is 19.7. The van der Waals surface area contributed by atoms with E-state index in [0.29, 0.717) is 38.6 Å². The van der Waals surface area contributed by atoms with Gasteiger partial charge in [0.15, 0.2) is 17.2 Å². The Kier molecular flexibility index (Phi) is 7.14. The van der Waals surface area contributed by atoms with E-state index in [9.17, 15) is 14.7 Å². The summed E-state index contributed by atoms with van der Waals surface area (Å²) in [4.78, 5) is 24.6. The Hall–Kier alpha value is -3.75. The topological polar surface area (TPSA) is 117 Å². The highest BCUT2D eigenvalue weighted by Crippen LogP contribution is 2.37. The number of furan rings is 1. The maximum atomic E-state index is 12.7. The summed E-state index contributed by atoms with van der Waals surface area (Å²) in [6.45, 7) is 1.80. The van der Waals surface area contributed by atoms with Crippen molar-refractivity contribution in [3.05, 3.63) is 81.7 Å². The molecule has 35 heavy (non-hydrogen) atoms. The van der Waals surface area contributed by atoms with Gasteiger partial charge in [-0.25, -0.2) is 4.79 Å². The highest BCUT2D eigenvalue weighted by atomic mass is 35.5. The number of hydrogen-bond acceptors (Lipinski definition) is 5. The molecule has 2 heterocycles. The Labute approximate surface area is 210 Å². The maximum absolute atomic E-state index is 12.7. The number of nitrogens with zero attached hydrogens (tertiary/aromatic N) is 1. The molecule has 0 bridgehead atoms. The zero-order valence-electron chi connectivity index (χ0n) is 18.8. The molecule has 0 saturated heterocycles. The largest absolute Gasteiger partial charge is 0.494 e. The van der Waals surface area contributed by atoms with E-state index in [2.05, 4.69) is 15.5 Å². The number of aromatic amines is 1. The Balaban J connectivity index is 1.51. The number of hydrogen-bond donors (Lipinski definition) is 3. The third-order valence-corrected chi connectivity index (χ3v) is 5.88. The first-order valence-electron chi connectivity index (χ1n) is 10.5. The van der Waals surface area contributed by atoms with E-state index in [1.165, 1.54) is 13.2 Å². The smallest absolute Gasteiger partial charge is 0.326 e. The van der Waals surface area contributed by atoms with Crippen LogP contribution in [0.3, 0.4) is 0 Å². The molecular weight excluding hydrogens is 493 g/mol. The monoisotopic (exact) mass is 513 g/mol. The molecule has 180 valence electrons. The standard InChI is InChI=1S/C25H21Cl2N3O5/c1-13-6-7-22(35-13)19-12-20(30-29-19)24(31)28-21(25(32)33)9-14-4-3-5-15(8-14)16-10-17(26)23(34-2)18(27)11-16/h3-8,10-12,21H,9H2,1-2H3,(H,28,31)(H,29,30)(H,32,33)/t21-/m0/s1. The van der Waals surface area contributed by atoms with Crippen LogP contribution in [0.25, 0.3) is 22.6 Å². The molecule has 0 fully saturated rings. The first-order chi connectivity index (χ1) is 16.7. The van der Waals surface area contributed by atoms with Crippen LogP contribution in [0.15, 0.2) is 59.0 Å². The number of aryl methyl sites for hydroxylation is 1. The van der Waals surface area contributed by atoms with Crippen molar-refractivity contribution in [1.82, 2.24) is 15.5 Å². The summed E-state index contributed by atoms with van der Waals surface area (Å²) in [5.41, 5.74) is 2.80. The number of H-pyrrole nitrogens is 1. The minimum absolute atomic E-state index is 0.0524. The van der Waals surface area contributed by atoms with Gasteiger partial charge in [0, 0.05) is 12.5 Å². The lowest BCUT2D eigenvalue weighted by Crippen LogP contribution is -2.42. The van der Waals surface area contributed by atoms with Crippen LogP contribution in [0.4, 0.5) is 0 Å². The number of rotatable bonds is 8. The molecule has 8 nitrogen and oxygen atoms in total. The van der Waals surface area contributed by atoms with Crippen molar-refractivity contribution in [2.24, 2.45) is 0 Å². The van der Waals surface area contributed by atoms with Gasteiger partial charge in [-0.05, 0) is 47.9 Å². The first kappa shape index (κ1) is 24.4. The Morgan fingerprint density at radius 2 is 1.86 bits per heavy atom. The first-order valence-corrected chi connectivity index (χ1v) is 11.3. The minimum Gasteiger partial charge on any atom is -0.494 e. The lowest BCUT2D eigenvalue weighted by atomic mass is 9.99. The number of halogens is 2. The zero-order valence-corrected chi connectivity index (χ0v) is 20.3. The lowest BCUT2D eigenvalue weighted by molar-refractivity contribution is -0.139. The Bertz CT molecular complexity index is 1370. The van der Waals surface area contributed by atoms with Gasteiger partial charge in [0.2, 0.25) is 0 Å². The van der Waals surface area contributed by atoms with Gasteiger partial charge in [-0.2, -0.15) is 5.10 Å². The summed E-state index contributed by atoms with van der Waals surface area (Å²) >= 11 is 12.5. The third kappa shape index (κ3) is 5.50. The van der Waals surface area contributed by atoms with Gasteiger partial charge in [0.25, 0.3) is 5.91 Å². The van der Waals surface area contributed by atoms with E-state index < -0.39 is 17.9 Å². The Morgan fingerprint density at radius 3 is 2.49 bits per heavy atom. The van der Waals surface area contributed by atoms with Crippen LogP contribution in [-0.4, -0.2) is 40.3 Å². The number of aromatic nitrogens is 2. The number of carbonyl (C=O) groups is 2. The SMILES string of the molecule is COc1c(Cl)cc(-c2cccc(C[C@H](NC(=O)c3cc(-c4ccc(C)o4)[nH]n3)C(=O)O)c2)cc1Cl. The molecule has 1 atom stereocenters. The number of ether oxygens (including phenoxy) is 1. The number of nitrogens with one attached hydrogen (secondary N) is 2. The summed E-state index contributed by atoms with van der Waals surface area (Å²) in [6.07, 6.45) is 0.0567. The van der Waals surface area contributed by atoms with E-state index in [1.807, 2.05) is 12.1 Å². The molecule has 0 aliphatic heterocycles. The molecule has 0 aliphatic carbocycles. The molecule has 2 aromatic carbocycles. The number of methoxy groups -OCH3 is 1. The summed E-state index contributed by atoms with van der Waals surface area (Å²) < 4.78 is 10.7. The van der Waals surface area contributed by atoms with Crippen molar-refractivity contribution in [2.45, 2.75) is 19.4 Å². The predicted molar refractivity (Wildman–Crippen MR) is 132 cm³/mol. The quantitative estimate of drug-likeness (QED) is 0.291. The van der Waals surface area contributed by atoms with Gasteiger partial charge < -0.3 is 19.6 Å². The van der Waals surface area contributed by atoms with E-state index >= 15 is 0 Å². The number of amides is 1. The number of aliphatic carboxylic acids is 1. The van der Waals surface area contributed by atoms with E-state index in [0.717, 1.165) is 11.1 Å². The normalized spacial score (nSPS) is 11.8. The molecule has 0 radical (unpaired) electrons. The van der Waals surface area contributed by atoms with Crippen LogP contribution in [0, 0.1) is 6.92 Å². The highest BCUT2D eigenvalue weighted by Gasteiger charge is 2.23. The average molecular weight is 514 g/mol. The van der Waals surface area contributed by atoms with Crippen LogP contribution < -0.4 is 10.1 Å². The van der Waals surface area contributed by atoms with Crippen LogP contribution in [0.2, 0.25) is 10.0 Å². The van der Waals surface area contributed by atoms with Crippen LogP contribution in [0.1, 0.15) is 21.8 Å². The van der Waals surface area contributed by atoms with Gasteiger partial charge in [-0.15, -0.1) is 0 Å². The summed E-state index contributed by atoms with van der Waals surface area (Å²) in [7, 11) is 1.48. The fraction of sp³-hybridized carbons (Fsp3) is 0.160. The molecule has 0 aliphatic rings. The molecule has 0 unspecified atom stereocenters. The fourth-order valence-electron chi connectivity index (χ4n) is 3.61. The van der Waals surface area contributed by atoms with Crippen molar-refractivity contribution in [1.29, 1.82) is 0 Å². The molecule has 0 saturated carbocycles. The van der Waals surface area contributed by atoms with Crippen molar-refractivity contribution in [3.63, 3.8) is 0 Å². The number of carbonyl (C=O) groups excluding carboxylic acids is 1. The number of carboxylic acids is 1. The zero-order chi connectivity index (χ0) is 25.1. The second-order valence-electron chi connectivity index (χ2n) is 7.82. The van der Waals surface area contributed by atoms with Gasteiger partial charge >= 0.3 is 5.97 Å². The second kappa shape index (κ2) is 10.2. The third-order valence-electron chi connectivity index (χ3n) is 5.32. The van der Waals surface area contributed by atoms with Crippen LogP contribution in [-0.2, 0) is 11.2 Å². The molecule has 4 aromatic rings. The molecule has 0 spiro atoms. The number of benzene rings is 2. The molecule has 10 heteroatoms. The van der Waals surface area contributed by atoms with Crippen LogP contribution >= 0.6 is 23.2 Å². The molecular formula is C25H21Cl2N3O5. The molecule has 3 N–H and O–H groups in total. The van der Waals surface area contributed by atoms with E-state index in [4.69, 9.17) is 32.4 Å². The van der Waals surface area contributed by atoms with Gasteiger partial charge in [0.05, 0.1) is 17.2 Å². The predicted octanol–water partition coefficient (Wildman–Crippen LogP) is 5.39. The van der Waals surface area contributed by atoms with Gasteiger partial charge in [0.1, 0.15) is 17.5 Å². The van der Waals surface area contributed by atoms with Crippen molar-refractivity contribution in [2.75, 3.05) is 7.11 Å². The van der Waals surface area contributed by atoms with E-state index in [-0.39, 0.29) is 12.1 Å². The molecule has 2 aromatic heterocycles. The van der Waals surface area contributed by atoms with Crippen molar-refractivity contribution >= 4 is 35.1 Å². The average Bonchev–Trinajstić information content (AvgIpc) is 3.48. The van der Waals surface area contributed by atoms with E-state index in [1.54, 1.807) is 43.3 Å². The summed E-state index contributed by atoms with van der Waals surface area (Å²) in [5.74, 6) is -0.164. The number of carboxylic acid groups (broad SMARTS) is 1. The van der Waals surface area contributed by atoms with Crippen molar-refractivity contribution in [3.8, 4) is 28.3 Å². The summed E-state index contributed by atoms with van der Waals surface area (Å²) in [6, 6.07) is 14.6. The highest BCUT2D eigenvalue weighted by molar-refractivity contribution is 6.37. The fourth-order valence-corrected chi connectivity index (χ4v) is 4.25. The van der Waals surface area contributed by atoms with Crippen molar-refractivity contribution < 1.29 is 23.8 Å². The van der Waals surface area contributed by atoms with Gasteiger partial charge in [-0.3, -0.25) is 9.89 Å². The molecule has 4 rings (SSSR count). The van der Waals surface area contributed by atoms with Crippen LogP contribution in [0.5, 0.6) is 5.75 Å².